The Morgan fingerprint density at radius 3 is 2.24 bits per heavy atom. The Hall–Kier alpha value is -0.580. The molecule has 7 nitrogen and oxygen atoms in total. The van der Waals surface area contributed by atoms with E-state index in [1.807, 2.05) is 6.92 Å². The minimum Gasteiger partial charge on any atom is -0.357 e. The quantitative estimate of drug-likeness (QED) is 0.305. The van der Waals surface area contributed by atoms with Gasteiger partial charge in [0, 0.05) is 32.9 Å². The van der Waals surface area contributed by atoms with Crippen LogP contribution in [0.2, 0.25) is 0 Å². The van der Waals surface area contributed by atoms with E-state index in [0.29, 0.717) is 25.6 Å². The average Bonchev–Trinajstić information content (AvgIpc) is 3.01. The molecule has 0 unspecified atom stereocenters. The smallest absolute Gasteiger partial charge is 0.230 e. The van der Waals surface area contributed by atoms with E-state index in [1.54, 1.807) is 25.9 Å². The highest BCUT2D eigenvalue weighted by molar-refractivity contribution is 14.0. The molecule has 1 amide bonds. The predicted molar refractivity (Wildman–Crippen MR) is 113 cm³/mol. The van der Waals surface area contributed by atoms with Crippen molar-refractivity contribution in [3.8, 4) is 0 Å². The molecule has 148 valence electrons. The van der Waals surface area contributed by atoms with Crippen molar-refractivity contribution in [2.75, 3.05) is 45.2 Å². The summed E-state index contributed by atoms with van der Waals surface area (Å²) < 4.78 is 23.1. The number of hydrogen-bond acceptors (Lipinski definition) is 4. The molecule has 0 aromatic rings. The number of carbonyl (C=O) groups excluding carboxylic acids is 1. The third-order valence-corrected chi connectivity index (χ3v) is 6.16. The topological polar surface area (TPSA) is 90.9 Å². The van der Waals surface area contributed by atoms with Gasteiger partial charge in [-0.25, -0.2) is 8.42 Å². The first kappa shape index (κ1) is 24.4. The molecule has 0 bridgehead atoms. The molecule has 0 saturated heterocycles. The number of amides is 1. The number of carbonyl (C=O) groups is 1. The van der Waals surface area contributed by atoms with Crippen molar-refractivity contribution in [2.45, 2.75) is 39.5 Å². The Balaban J connectivity index is 0.00000576. The third-order valence-electron chi connectivity index (χ3n) is 4.45. The van der Waals surface area contributed by atoms with Crippen LogP contribution >= 0.6 is 24.0 Å². The van der Waals surface area contributed by atoms with Crippen molar-refractivity contribution >= 4 is 45.7 Å². The van der Waals surface area contributed by atoms with Crippen LogP contribution in [0.25, 0.3) is 0 Å². The molecule has 1 rings (SSSR count). The zero-order chi connectivity index (χ0) is 18.2. The Labute approximate surface area is 169 Å². The number of nitrogens with one attached hydrogen (secondary N) is 2. The molecule has 1 aliphatic carbocycles. The number of rotatable bonds is 8. The van der Waals surface area contributed by atoms with E-state index >= 15 is 0 Å². The summed E-state index contributed by atoms with van der Waals surface area (Å²) in [4.78, 5) is 18.8. The molecule has 9 heteroatoms. The molecule has 0 atom stereocenters. The lowest BCUT2D eigenvalue weighted by Gasteiger charge is -2.29. The first-order valence-electron chi connectivity index (χ1n) is 8.70. The van der Waals surface area contributed by atoms with Crippen molar-refractivity contribution in [1.29, 1.82) is 0 Å². The number of sulfone groups is 1. The first-order chi connectivity index (χ1) is 11.3. The summed E-state index contributed by atoms with van der Waals surface area (Å²) in [6.07, 6.45) is 3.82. The summed E-state index contributed by atoms with van der Waals surface area (Å²) in [6, 6.07) is 0. The second-order valence-corrected chi connectivity index (χ2v) is 9.02. The Morgan fingerprint density at radius 2 is 1.76 bits per heavy atom. The van der Waals surface area contributed by atoms with Crippen LogP contribution in [0.15, 0.2) is 4.99 Å². The second kappa shape index (κ2) is 11.2. The van der Waals surface area contributed by atoms with Crippen LogP contribution in [-0.4, -0.2) is 70.4 Å². The van der Waals surface area contributed by atoms with Crippen molar-refractivity contribution in [3.63, 3.8) is 0 Å². The van der Waals surface area contributed by atoms with E-state index < -0.39 is 15.3 Å². The number of nitrogens with zero attached hydrogens (tertiary/aromatic N) is 2. The van der Waals surface area contributed by atoms with E-state index in [-0.39, 0.29) is 41.4 Å². The number of guanidine groups is 1. The van der Waals surface area contributed by atoms with Gasteiger partial charge in [0.05, 0.1) is 17.7 Å². The summed E-state index contributed by atoms with van der Waals surface area (Å²) in [5, 5.41) is 6.17. The van der Waals surface area contributed by atoms with Gasteiger partial charge in [-0.15, -0.1) is 24.0 Å². The highest BCUT2D eigenvalue weighted by Crippen LogP contribution is 2.39. The standard InChI is InChI=1S/C16H32N4O3S.HI/c1-5-17-15(18-11-12-24(22,23)6-2)19-13-16(9-7-8-10-16)14(21)20(3)4;/h5-13H2,1-4H3,(H2,17,18,19);1H. The fourth-order valence-electron chi connectivity index (χ4n) is 3.01. The maximum atomic E-state index is 12.6. The van der Waals surface area contributed by atoms with Crippen molar-refractivity contribution in [1.82, 2.24) is 15.5 Å². The monoisotopic (exact) mass is 488 g/mol. The average molecular weight is 488 g/mol. The molecule has 0 aliphatic heterocycles. The Morgan fingerprint density at radius 1 is 1.16 bits per heavy atom. The highest BCUT2D eigenvalue weighted by atomic mass is 127. The third kappa shape index (κ3) is 7.67. The summed E-state index contributed by atoms with van der Waals surface area (Å²) >= 11 is 0. The summed E-state index contributed by atoms with van der Waals surface area (Å²) in [5.74, 6) is 0.924. The SMILES string of the molecule is CCNC(=NCC1(C(=O)N(C)C)CCCC1)NCCS(=O)(=O)CC.I. The second-order valence-electron chi connectivity index (χ2n) is 6.55. The lowest BCUT2D eigenvalue weighted by molar-refractivity contribution is -0.138. The van der Waals surface area contributed by atoms with Crippen LogP contribution in [0.4, 0.5) is 0 Å². The van der Waals surface area contributed by atoms with E-state index in [1.165, 1.54) is 0 Å². The van der Waals surface area contributed by atoms with E-state index in [2.05, 4.69) is 15.6 Å². The highest BCUT2D eigenvalue weighted by Gasteiger charge is 2.42. The number of aliphatic imine (C=N–C) groups is 1. The zero-order valence-corrected chi connectivity index (χ0v) is 18.9. The van der Waals surface area contributed by atoms with Crippen LogP contribution in [0.5, 0.6) is 0 Å². The minimum atomic E-state index is -3.00. The number of halogens is 1. The van der Waals surface area contributed by atoms with Gasteiger partial charge in [0.15, 0.2) is 15.8 Å². The predicted octanol–water partition coefficient (Wildman–Crippen LogP) is 1.24. The van der Waals surface area contributed by atoms with E-state index in [0.717, 1.165) is 25.7 Å². The largest absolute Gasteiger partial charge is 0.357 e. The summed E-state index contributed by atoms with van der Waals surface area (Å²) in [7, 11) is 0.562. The molecule has 2 N–H and O–H groups in total. The molecule has 1 fully saturated rings. The molecule has 1 saturated carbocycles. The van der Waals surface area contributed by atoms with Crippen molar-refractivity contribution < 1.29 is 13.2 Å². The normalized spacial score (nSPS) is 16.9. The lowest BCUT2D eigenvalue weighted by atomic mass is 9.85. The van der Waals surface area contributed by atoms with Crippen LogP contribution in [0.3, 0.4) is 0 Å². The molecule has 0 aromatic heterocycles. The van der Waals surface area contributed by atoms with Gasteiger partial charge in [-0.3, -0.25) is 9.79 Å². The van der Waals surface area contributed by atoms with Gasteiger partial charge in [0.2, 0.25) is 5.91 Å². The van der Waals surface area contributed by atoms with Crippen molar-refractivity contribution in [3.05, 3.63) is 0 Å². The fraction of sp³-hybridized carbons (Fsp3) is 0.875. The molecule has 0 radical (unpaired) electrons. The summed E-state index contributed by atoms with van der Waals surface area (Å²) in [5.41, 5.74) is -0.415. The molecule has 25 heavy (non-hydrogen) atoms. The molecule has 0 aromatic carbocycles. The Bertz CT molecular complexity index is 544. The van der Waals surface area contributed by atoms with Gasteiger partial charge in [-0.2, -0.15) is 0 Å². The van der Waals surface area contributed by atoms with E-state index in [4.69, 9.17) is 0 Å². The molecule has 0 spiro atoms. The molecule has 1 aliphatic rings. The van der Waals surface area contributed by atoms with Gasteiger partial charge >= 0.3 is 0 Å². The molecule has 0 heterocycles. The van der Waals surface area contributed by atoms with Crippen LogP contribution in [-0.2, 0) is 14.6 Å². The fourth-order valence-corrected chi connectivity index (χ4v) is 3.71. The van der Waals surface area contributed by atoms with Gasteiger partial charge in [0.25, 0.3) is 0 Å². The number of hydrogen-bond donors (Lipinski definition) is 2. The zero-order valence-electron chi connectivity index (χ0n) is 15.8. The van der Waals surface area contributed by atoms with Gasteiger partial charge in [0.1, 0.15) is 0 Å². The van der Waals surface area contributed by atoms with Crippen LogP contribution in [0.1, 0.15) is 39.5 Å². The molecular weight excluding hydrogens is 455 g/mol. The van der Waals surface area contributed by atoms with Crippen molar-refractivity contribution in [2.24, 2.45) is 10.4 Å². The Kier molecular flexibility index (Phi) is 10.9. The van der Waals surface area contributed by atoms with Gasteiger partial charge < -0.3 is 15.5 Å². The van der Waals surface area contributed by atoms with Crippen LogP contribution < -0.4 is 10.6 Å². The maximum absolute atomic E-state index is 12.6. The minimum absolute atomic E-state index is 0. The van der Waals surface area contributed by atoms with Gasteiger partial charge in [-0.05, 0) is 19.8 Å². The van der Waals surface area contributed by atoms with Crippen LogP contribution in [0, 0.1) is 5.41 Å². The van der Waals surface area contributed by atoms with E-state index in [9.17, 15) is 13.2 Å². The lowest BCUT2D eigenvalue weighted by Crippen LogP contribution is -2.43. The maximum Gasteiger partial charge on any atom is 0.230 e. The van der Waals surface area contributed by atoms with Gasteiger partial charge in [-0.1, -0.05) is 19.8 Å². The first-order valence-corrected chi connectivity index (χ1v) is 10.5. The summed E-state index contributed by atoms with van der Waals surface area (Å²) in [6.45, 7) is 5.03. The molecular formula is C16H33IN4O3S.